The second kappa shape index (κ2) is 3.87. The molecule has 0 unspecified atom stereocenters. The van der Waals surface area contributed by atoms with Crippen LogP contribution in [-0.4, -0.2) is 13.1 Å². The third-order valence-corrected chi connectivity index (χ3v) is 3.72. The molecular weight excluding hydrogens is 206 g/mol. The predicted octanol–water partition coefficient (Wildman–Crippen LogP) is 2.91. The second-order valence-electron chi connectivity index (χ2n) is 2.27. The Kier molecular flexibility index (Phi) is 3.02. The summed E-state index contributed by atoms with van der Waals surface area (Å²) in [6.07, 6.45) is 0. The van der Waals surface area contributed by atoms with Gasteiger partial charge in [0.05, 0.1) is 11.1 Å². The van der Waals surface area contributed by atoms with Crippen LogP contribution in [0.5, 0.6) is 0 Å². The van der Waals surface area contributed by atoms with Crippen molar-refractivity contribution in [2.24, 2.45) is 0 Å². The van der Waals surface area contributed by atoms with Crippen LogP contribution in [0.3, 0.4) is 0 Å². The number of carbonyl (C=O) groups excluding carboxylic acids is 1. The molecular formula is C8H9NO2S2. The Bertz CT molecular complexity index is 390. The smallest absolute Gasteiger partial charge is 0.348 e. The van der Waals surface area contributed by atoms with E-state index >= 15 is 0 Å². The van der Waals surface area contributed by atoms with Crippen LogP contribution >= 0.6 is 22.7 Å². The van der Waals surface area contributed by atoms with Gasteiger partial charge >= 0.3 is 5.97 Å². The zero-order valence-corrected chi connectivity index (χ0v) is 8.71. The molecule has 0 aliphatic heterocycles. The molecule has 2 rings (SSSR count). The van der Waals surface area contributed by atoms with Crippen molar-refractivity contribution in [1.29, 1.82) is 0 Å². The highest BCUT2D eigenvalue weighted by atomic mass is 32.2. The van der Waals surface area contributed by atoms with Crippen molar-refractivity contribution in [1.82, 2.24) is 6.15 Å². The van der Waals surface area contributed by atoms with Crippen LogP contribution < -0.4 is 6.15 Å². The summed E-state index contributed by atoms with van der Waals surface area (Å²) in [4.78, 5) is 11.8. The van der Waals surface area contributed by atoms with E-state index in [9.17, 15) is 4.79 Å². The van der Waals surface area contributed by atoms with Crippen LogP contribution in [-0.2, 0) is 4.74 Å². The number of fused-ring (bicyclic) bond motifs is 1. The molecule has 70 valence electrons. The Balaban J connectivity index is 0.000000845. The van der Waals surface area contributed by atoms with Crippen molar-refractivity contribution in [3.05, 3.63) is 22.4 Å². The minimum absolute atomic E-state index is 0. The van der Waals surface area contributed by atoms with Crippen LogP contribution in [0.2, 0.25) is 0 Å². The summed E-state index contributed by atoms with van der Waals surface area (Å²) in [7, 11) is 1.40. The molecule has 0 radical (unpaired) electrons. The molecule has 3 nitrogen and oxygen atoms in total. The SMILES string of the molecule is COC(=O)c1cc2ccsc2s1.N. The summed E-state index contributed by atoms with van der Waals surface area (Å²) in [5.41, 5.74) is 0. The van der Waals surface area contributed by atoms with Gasteiger partial charge in [-0.2, -0.15) is 0 Å². The van der Waals surface area contributed by atoms with E-state index in [2.05, 4.69) is 4.74 Å². The van der Waals surface area contributed by atoms with E-state index in [1.807, 2.05) is 17.5 Å². The first-order valence-corrected chi connectivity index (χ1v) is 5.06. The van der Waals surface area contributed by atoms with Crippen LogP contribution in [0.25, 0.3) is 9.40 Å². The van der Waals surface area contributed by atoms with Crippen molar-refractivity contribution in [3.8, 4) is 0 Å². The van der Waals surface area contributed by atoms with Gasteiger partial charge < -0.3 is 10.9 Å². The van der Waals surface area contributed by atoms with Gasteiger partial charge in [-0.05, 0) is 17.5 Å². The topological polar surface area (TPSA) is 61.3 Å². The van der Waals surface area contributed by atoms with Crippen LogP contribution in [0.4, 0.5) is 0 Å². The number of hydrogen-bond acceptors (Lipinski definition) is 5. The van der Waals surface area contributed by atoms with Gasteiger partial charge in [0.1, 0.15) is 4.88 Å². The van der Waals surface area contributed by atoms with Gasteiger partial charge in [0.25, 0.3) is 0 Å². The lowest BCUT2D eigenvalue weighted by Gasteiger charge is -1.90. The molecule has 0 aliphatic carbocycles. The van der Waals surface area contributed by atoms with E-state index in [1.165, 1.54) is 22.5 Å². The molecule has 0 amide bonds. The Morgan fingerprint density at radius 1 is 1.54 bits per heavy atom. The number of thiophene rings is 2. The summed E-state index contributed by atoms with van der Waals surface area (Å²) in [6.45, 7) is 0. The highest BCUT2D eigenvalue weighted by Gasteiger charge is 2.09. The molecule has 0 saturated carbocycles. The minimum atomic E-state index is -0.247. The van der Waals surface area contributed by atoms with Crippen molar-refractivity contribution < 1.29 is 9.53 Å². The van der Waals surface area contributed by atoms with Gasteiger partial charge in [-0.15, -0.1) is 22.7 Å². The monoisotopic (exact) mass is 215 g/mol. The quantitative estimate of drug-likeness (QED) is 0.744. The van der Waals surface area contributed by atoms with Crippen molar-refractivity contribution in [2.45, 2.75) is 0 Å². The maximum absolute atomic E-state index is 11.1. The summed E-state index contributed by atoms with van der Waals surface area (Å²) in [5.74, 6) is -0.247. The predicted molar refractivity (Wildman–Crippen MR) is 56.1 cm³/mol. The fourth-order valence-corrected chi connectivity index (χ4v) is 2.99. The molecule has 0 aromatic carbocycles. The summed E-state index contributed by atoms with van der Waals surface area (Å²) in [6, 6.07) is 3.87. The Morgan fingerprint density at radius 2 is 2.31 bits per heavy atom. The molecule has 3 N–H and O–H groups in total. The maximum Gasteiger partial charge on any atom is 0.348 e. The third-order valence-electron chi connectivity index (χ3n) is 1.53. The van der Waals surface area contributed by atoms with E-state index in [-0.39, 0.29) is 12.1 Å². The fourth-order valence-electron chi connectivity index (χ4n) is 0.967. The summed E-state index contributed by atoms with van der Waals surface area (Å²) in [5, 5.41) is 3.15. The maximum atomic E-state index is 11.1. The van der Waals surface area contributed by atoms with E-state index in [4.69, 9.17) is 0 Å². The molecule has 2 aromatic rings. The van der Waals surface area contributed by atoms with Crippen LogP contribution in [0, 0.1) is 0 Å². The van der Waals surface area contributed by atoms with Crippen LogP contribution in [0.1, 0.15) is 9.67 Å². The van der Waals surface area contributed by atoms with E-state index in [0.29, 0.717) is 4.88 Å². The Morgan fingerprint density at radius 3 is 2.92 bits per heavy atom. The fraction of sp³-hybridized carbons (Fsp3) is 0.125. The lowest BCUT2D eigenvalue weighted by molar-refractivity contribution is 0.0606. The van der Waals surface area contributed by atoms with Crippen LogP contribution in [0.15, 0.2) is 17.5 Å². The lowest BCUT2D eigenvalue weighted by Crippen LogP contribution is -1.96. The number of hydrogen-bond donors (Lipinski definition) is 1. The second-order valence-corrected chi connectivity index (χ2v) is 4.49. The van der Waals surface area contributed by atoms with Gasteiger partial charge in [0.15, 0.2) is 0 Å². The molecule has 0 aliphatic rings. The first-order valence-electron chi connectivity index (χ1n) is 3.36. The van der Waals surface area contributed by atoms with E-state index in [1.54, 1.807) is 11.3 Å². The number of rotatable bonds is 1. The van der Waals surface area contributed by atoms with Gasteiger partial charge in [-0.1, -0.05) is 0 Å². The minimum Gasteiger partial charge on any atom is -0.465 e. The van der Waals surface area contributed by atoms with Gasteiger partial charge in [-0.3, -0.25) is 0 Å². The Hall–Kier alpha value is -0.910. The molecule has 2 aromatic heterocycles. The zero-order chi connectivity index (χ0) is 8.55. The summed E-state index contributed by atoms with van der Waals surface area (Å²) >= 11 is 3.13. The molecule has 0 spiro atoms. The molecule has 0 saturated heterocycles. The molecule has 0 bridgehead atoms. The number of carbonyl (C=O) groups is 1. The zero-order valence-electron chi connectivity index (χ0n) is 7.07. The van der Waals surface area contributed by atoms with Crippen molar-refractivity contribution in [2.75, 3.05) is 7.11 Å². The Labute approximate surface area is 83.5 Å². The lowest BCUT2D eigenvalue weighted by atomic mass is 10.4. The van der Waals surface area contributed by atoms with E-state index < -0.39 is 0 Å². The first-order chi connectivity index (χ1) is 5.81. The average molecular weight is 215 g/mol. The molecule has 0 fully saturated rings. The summed E-state index contributed by atoms with van der Waals surface area (Å²) < 4.78 is 5.79. The van der Waals surface area contributed by atoms with Crippen molar-refractivity contribution in [3.63, 3.8) is 0 Å². The standard InChI is InChI=1S/C8H6O2S2.H3N/c1-10-7(9)6-4-5-2-3-11-8(5)12-6;/h2-4H,1H3;1H3. The van der Waals surface area contributed by atoms with Gasteiger partial charge in [0, 0.05) is 5.39 Å². The highest BCUT2D eigenvalue weighted by molar-refractivity contribution is 7.38. The van der Waals surface area contributed by atoms with Gasteiger partial charge in [-0.25, -0.2) is 4.79 Å². The largest absolute Gasteiger partial charge is 0.465 e. The number of methoxy groups -OCH3 is 1. The molecule has 0 atom stereocenters. The average Bonchev–Trinajstić information content (AvgIpc) is 2.60. The first kappa shape index (κ1) is 10.2. The number of esters is 1. The molecule has 2 heterocycles. The number of ether oxygens (including phenoxy) is 1. The third kappa shape index (κ3) is 1.72. The molecule has 5 heteroatoms. The van der Waals surface area contributed by atoms with E-state index in [0.717, 1.165) is 5.39 Å². The van der Waals surface area contributed by atoms with Crippen molar-refractivity contribution >= 4 is 38.0 Å². The normalized spacial score (nSPS) is 9.62. The van der Waals surface area contributed by atoms with Gasteiger partial charge in [0.2, 0.25) is 0 Å². The highest BCUT2D eigenvalue weighted by Crippen LogP contribution is 2.30. The molecule has 13 heavy (non-hydrogen) atoms.